The van der Waals surface area contributed by atoms with Gasteiger partial charge in [-0.1, -0.05) is 32.0 Å². The molecule has 18 heavy (non-hydrogen) atoms. The summed E-state index contributed by atoms with van der Waals surface area (Å²) in [6, 6.07) is 7.36. The normalized spacial score (nSPS) is 9.56. The molecule has 4 heteroatoms. The third kappa shape index (κ3) is 2.14. The van der Waals surface area contributed by atoms with E-state index < -0.39 is 5.97 Å². The number of aromatic nitrogens is 1. The van der Waals surface area contributed by atoms with E-state index >= 15 is 0 Å². The SMILES string of the molecule is CC.COC(=O)c1c(C=O)c2ccccc2n1C. The van der Waals surface area contributed by atoms with Gasteiger partial charge >= 0.3 is 5.97 Å². The van der Waals surface area contributed by atoms with Gasteiger partial charge in [-0.05, 0) is 6.07 Å². The Morgan fingerprint density at radius 2 is 1.89 bits per heavy atom. The average molecular weight is 247 g/mol. The Morgan fingerprint density at radius 3 is 2.44 bits per heavy atom. The molecule has 2 aromatic rings. The van der Waals surface area contributed by atoms with Crippen molar-refractivity contribution in [1.29, 1.82) is 0 Å². The molecular weight excluding hydrogens is 230 g/mol. The molecule has 0 amide bonds. The average Bonchev–Trinajstić information content (AvgIpc) is 2.73. The van der Waals surface area contributed by atoms with Crippen molar-refractivity contribution in [3.63, 3.8) is 0 Å². The Morgan fingerprint density at radius 1 is 1.28 bits per heavy atom. The van der Waals surface area contributed by atoms with Crippen LogP contribution in [0.15, 0.2) is 24.3 Å². The number of ether oxygens (including phenoxy) is 1. The number of aldehydes is 1. The highest BCUT2D eigenvalue weighted by Crippen LogP contribution is 2.24. The number of carbonyl (C=O) groups is 2. The van der Waals surface area contributed by atoms with E-state index in [0.717, 1.165) is 10.9 Å². The van der Waals surface area contributed by atoms with Gasteiger partial charge in [0.05, 0.1) is 12.7 Å². The lowest BCUT2D eigenvalue weighted by atomic mass is 10.1. The van der Waals surface area contributed by atoms with Gasteiger partial charge in [0.1, 0.15) is 5.69 Å². The molecule has 96 valence electrons. The lowest BCUT2D eigenvalue weighted by Gasteiger charge is -2.01. The molecule has 1 heterocycles. The van der Waals surface area contributed by atoms with E-state index in [4.69, 9.17) is 0 Å². The first-order chi connectivity index (χ1) is 8.70. The van der Waals surface area contributed by atoms with Crippen LogP contribution in [0.1, 0.15) is 34.7 Å². The summed E-state index contributed by atoms with van der Waals surface area (Å²) in [7, 11) is 3.04. The summed E-state index contributed by atoms with van der Waals surface area (Å²) in [5.74, 6) is -0.499. The van der Waals surface area contributed by atoms with Crippen LogP contribution in [0.5, 0.6) is 0 Å². The first-order valence-corrected chi connectivity index (χ1v) is 5.81. The maximum absolute atomic E-state index is 11.6. The highest BCUT2D eigenvalue weighted by Gasteiger charge is 2.20. The van der Waals surface area contributed by atoms with Crippen LogP contribution in [0, 0.1) is 0 Å². The fourth-order valence-corrected chi connectivity index (χ4v) is 1.89. The van der Waals surface area contributed by atoms with Crippen LogP contribution in [0.3, 0.4) is 0 Å². The number of hydrogen-bond acceptors (Lipinski definition) is 3. The van der Waals surface area contributed by atoms with Crippen LogP contribution < -0.4 is 0 Å². The second-order valence-corrected chi connectivity index (χ2v) is 3.45. The summed E-state index contributed by atoms with van der Waals surface area (Å²) in [6.45, 7) is 4.00. The number of benzene rings is 1. The molecule has 0 aliphatic carbocycles. The molecule has 0 atom stereocenters. The van der Waals surface area contributed by atoms with Crippen molar-refractivity contribution in [3.05, 3.63) is 35.5 Å². The fraction of sp³-hybridized carbons (Fsp3) is 0.286. The largest absolute Gasteiger partial charge is 0.464 e. The summed E-state index contributed by atoms with van der Waals surface area (Å²) in [4.78, 5) is 22.6. The minimum atomic E-state index is -0.499. The van der Waals surface area contributed by atoms with Gasteiger partial charge in [0.15, 0.2) is 6.29 Å². The van der Waals surface area contributed by atoms with Crippen molar-refractivity contribution in [3.8, 4) is 0 Å². The smallest absolute Gasteiger partial charge is 0.355 e. The van der Waals surface area contributed by atoms with Gasteiger partial charge in [-0.25, -0.2) is 4.79 Å². The number of hydrogen-bond donors (Lipinski definition) is 0. The van der Waals surface area contributed by atoms with E-state index in [-0.39, 0.29) is 0 Å². The first kappa shape index (κ1) is 14.0. The maximum atomic E-state index is 11.6. The van der Waals surface area contributed by atoms with Crippen molar-refractivity contribution in [1.82, 2.24) is 4.57 Å². The Bertz CT molecular complexity index is 570. The zero-order chi connectivity index (χ0) is 13.7. The molecule has 0 saturated carbocycles. The van der Waals surface area contributed by atoms with Gasteiger partial charge in [0.25, 0.3) is 0 Å². The molecule has 1 aromatic carbocycles. The van der Waals surface area contributed by atoms with E-state index in [0.29, 0.717) is 17.5 Å². The molecule has 1 aromatic heterocycles. The molecule has 0 unspecified atom stereocenters. The molecule has 0 fully saturated rings. The zero-order valence-corrected chi connectivity index (χ0v) is 11.1. The number of nitrogens with zero attached hydrogens (tertiary/aromatic N) is 1. The Hall–Kier alpha value is -2.10. The Labute approximate surface area is 106 Å². The second-order valence-electron chi connectivity index (χ2n) is 3.45. The first-order valence-electron chi connectivity index (χ1n) is 5.81. The molecule has 0 radical (unpaired) electrons. The standard InChI is InChI=1S/C12H11NO3.C2H6/c1-13-10-6-4-3-5-8(10)9(7-14)11(13)12(15)16-2;1-2/h3-7H,1-2H3;1-2H3. The van der Waals surface area contributed by atoms with Crippen molar-refractivity contribution in [2.24, 2.45) is 7.05 Å². The van der Waals surface area contributed by atoms with Crippen molar-refractivity contribution >= 4 is 23.2 Å². The van der Waals surface area contributed by atoms with Gasteiger partial charge in [0.2, 0.25) is 0 Å². The van der Waals surface area contributed by atoms with Crippen LogP contribution in [0.25, 0.3) is 10.9 Å². The Kier molecular flexibility index (Phi) is 4.66. The van der Waals surface area contributed by atoms with E-state index in [9.17, 15) is 9.59 Å². The molecule has 0 spiro atoms. The molecule has 0 N–H and O–H groups in total. The van der Waals surface area contributed by atoms with Crippen molar-refractivity contribution < 1.29 is 14.3 Å². The quantitative estimate of drug-likeness (QED) is 0.605. The molecule has 2 rings (SSSR count). The number of para-hydroxylation sites is 1. The van der Waals surface area contributed by atoms with Gasteiger partial charge in [-0.3, -0.25) is 4.79 Å². The Balaban J connectivity index is 0.000000771. The third-order valence-corrected chi connectivity index (χ3v) is 2.64. The highest BCUT2D eigenvalue weighted by molar-refractivity contribution is 6.08. The maximum Gasteiger partial charge on any atom is 0.355 e. The van der Waals surface area contributed by atoms with Gasteiger partial charge in [-0.15, -0.1) is 0 Å². The van der Waals surface area contributed by atoms with Crippen LogP contribution in [-0.2, 0) is 11.8 Å². The van der Waals surface area contributed by atoms with E-state index in [1.54, 1.807) is 11.6 Å². The third-order valence-electron chi connectivity index (χ3n) is 2.64. The number of aryl methyl sites for hydroxylation is 1. The van der Waals surface area contributed by atoms with Gasteiger partial charge in [0, 0.05) is 18.0 Å². The van der Waals surface area contributed by atoms with Crippen LogP contribution in [-0.4, -0.2) is 23.9 Å². The number of carbonyl (C=O) groups excluding carboxylic acids is 2. The monoisotopic (exact) mass is 247 g/mol. The minimum Gasteiger partial charge on any atom is -0.464 e. The van der Waals surface area contributed by atoms with Crippen LogP contribution in [0.2, 0.25) is 0 Å². The summed E-state index contributed by atoms with van der Waals surface area (Å²) in [6.07, 6.45) is 0.689. The number of fused-ring (bicyclic) bond motifs is 1. The summed E-state index contributed by atoms with van der Waals surface area (Å²) in [5.41, 5.74) is 1.51. The van der Waals surface area contributed by atoms with Gasteiger partial charge < -0.3 is 9.30 Å². The fourth-order valence-electron chi connectivity index (χ4n) is 1.89. The molecule has 0 saturated heterocycles. The molecule has 0 bridgehead atoms. The number of methoxy groups -OCH3 is 1. The van der Waals surface area contributed by atoms with E-state index in [2.05, 4.69) is 4.74 Å². The minimum absolute atomic E-state index is 0.290. The van der Waals surface area contributed by atoms with E-state index in [1.165, 1.54) is 7.11 Å². The number of esters is 1. The predicted molar refractivity (Wildman–Crippen MR) is 71.0 cm³/mol. The molecule has 0 aliphatic heterocycles. The molecule has 0 aliphatic rings. The highest BCUT2D eigenvalue weighted by atomic mass is 16.5. The van der Waals surface area contributed by atoms with Crippen LogP contribution in [0.4, 0.5) is 0 Å². The van der Waals surface area contributed by atoms with E-state index in [1.807, 2.05) is 38.1 Å². The summed E-state index contributed by atoms with van der Waals surface area (Å²) < 4.78 is 6.34. The predicted octanol–water partition coefficient (Wildman–Crippen LogP) is 2.80. The zero-order valence-electron chi connectivity index (χ0n) is 11.1. The lowest BCUT2D eigenvalue weighted by Crippen LogP contribution is -2.09. The van der Waals surface area contributed by atoms with Crippen molar-refractivity contribution in [2.75, 3.05) is 7.11 Å². The summed E-state index contributed by atoms with van der Waals surface area (Å²) in [5, 5.41) is 0.764. The van der Waals surface area contributed by atoms with Crippen molar-refractivity contribution in [2.45, 2.75) is 13.8 Å². The van der Waals surface area contributed by atoms with Crippen LogP contribution >= 0.6 is 0 Å². The van der Waals surface area contributed by atoms with Gasteiger partial charge in [-0.2, -0.15) is 0 Å². The second kappa shape index (κ2) is 6.00. The lowest BCUT2D eigenvalue weighted by molar-refractivity contribution is 0.0588. The number of rotatable bonds is 2. The molecular formula is C14H17NO3. The summed E-state index contributed by atoms with van der Waals surface area (Å²) >= 11 is 0. The topological polar surface area (TPSA) is 48.3 Å². The molecule has 4 nitrogen and oxygen atoms in total.